The van der Waals surface area contributed by atoms with Crippen molar-refractivity contribution in [1.82, 2.24) is 4.57 Å². The molecule has 2 rings (SSSR count). The third kappa shape index (κ3) is 1.22. The molecule has 0 atom stereocenters. The summed E-state index contributed by atoms with van der Waals surface area (Å²) in [5.74, 6) is 0. The summed E-state index contributed by atoms with van der Waals surface area (Å²) in [6.45, 7) is 2.04. The molecule has 1 aliphatic rings. The number of halogens is 1. The van der Waals surface area contributed by atoms with Gasteiger partial charge in [0.2, 0.25) is 0 Å². The summed E-state index contributed by atoms with van der Waals surface area (Å²) < 4.78 is 2.14. The van der Waals surface area contributed by atoms with Gasteiger partial charge in [-0.25, -0.2) is 0 Å². The molecular weight excluding hydrogens is 198 g/mol. The van der Waals surface area contributed by atoms with E-state index in [9.17, 15) is 4.79 Å². The Morgan fingerprint density at radius 2 is 2.21 bits per heavy atom. The van der Waals surface area contributed by atoms with Crippen molar-refractivity contribution in [3.05, 3.63) is 28.6 Å². The largest absolute Gasteiger partial charge is 0.351 e. The van der Waals surface area contributed by atoms with Crippen molar-refractivity contribution >= 4 is 22.9 Å². The minimum atomic E-state index is 0.630. The molecule has 74 valence electrons. The number of aromatic nitrogens is 1. The SMILES string of the molecule is Cc1cc2c(n1C)CCC(C=O)=C2Cl. The van der Waals surface area contributed by atoms with Gasteiger partial charge in [-0.1, -0.05) is 11.6 Å². The summed E-state index contributed by atoms with van der Waals surface area (Å²) >= 11 is 6.13. The molecule has 0 fully saturated rings. The number of carbonyl (C=O) groups is 1. The Morgan fingerprint density at radius 3 is 2.86 bits per heavy atom. The standard InChI is InChI=1S/C11H12ClNO/c1-7-5-9-10(13(7)2)4-3-8(6-14)11(9)12/h5-6H,3-4H2,1-2H3. The number of hydrogen-bond acceptors (Lipinski definition) is 1. The minimum Gasteiger partial charge on any atom is -0.351 e. The average molecular weight is 210 g/mol. The molecule has 0 radical (unpaired) electrons. The van der Waals surface area contributed by atoms with Crippen LogP contribution in [0.1, 0.15) is 23.4 Å². The first-order chi connectivity index (χ1) is 6.65. The Labute approximate surface area is 88.2 Å². The van der Waals surface area contributed by atoms with Crippen LogP contribution < -0.4 is 0 Å². The van der Waals surface area contributed by atoms with Crippen LogP contribution in [0.25, 0.3) is 5.03 Å². The number of hydrogen-bond donors (Lipinski definition) is 0. The topological polar surface area (TPSA) is 22.0 Å². The number of nitrogens with zero attached hydrogens (tertiary/aromatic N) is 1. The van der Waals surface area contributed by atoms with Crippen molar-refractivity contribution in [3.8, 4) is 0 Å². The lowest BCUT2D eigenvalue weighted by Gasteiger charge is -2.14. The summed E-state index contributed by atoms with van der Waals surface area (Å²) in [6.07, 6.45) is 2.53. The van der Waals surface area contributed by atoms with Crippen LogP contribution in [0.15, 0.2) is 11.6 Å². The molecule has 0 aromatic carbocycles. The van der Waals surface area contributed by atoms with Crippen molar-refractivity contribution in [3.63, 3.8) is 0 Å². The number of aldehydes is 1. The van der Waals surface area contributed by atoms with E-state index in [4.69, 9.17) is 11.6 Å². The maximum absolute atomic E-state index is 10.7. The van der Waals surface area contributed by atoms with Gasteiger partial charge in [0.1, 0.15) is 6.29 Å². The van der Waals surface area contributed by atoms with Gasteiger partial charge in [0.15, 0.2) is 0 Å². The van der Waals surface area contributed by atoms with E-state index in [1.165, 1.54) is 11.4 Å². The molecule has 1 aromatic heterocycles. The first-order valence-electron chi connectivity index (χ1n) is 4.64. The van der Waals surface area contributed by atoms with Gasteiger partial charge < -0.3 is 4.57 Å². The van der Waals surface area contributed by atoms with E-state index < -0.39 is 0 Å². The maximum Gasteiger partial charge on any atom is 0.147 e. The van der Waals surface area contributed by atoms with E-state index in [1.54, 1.807) is 0 Å². The third-order valence-electron chi connectivity index (χ3n) is 2.89. The highest BCUT2D eigenvalue weighted by atomic mass is 35.5. The summed E-state index contributed by atoms with van der Waals surface area (Å²) in [5.41, 5.74) is 4.17. The van der Waals surface area contributed by atoms with Crippen molar-refractivity contribution in [1.29, 1.82) is 0 Å². The molecule has 0 saturated heterocycles. The molecule has 0 amide bonds. The zero-order valence-corrected chi connectivity index (χ0v) is 9.06. The molecule has 0 aliphatic heterocycles. The normalized spacial score (nSPS) is 15.6. The van der Waals surface area contributed by atoms with Gasteiger partial charge in [0.25, 0.3) is 0 Å². The second kappa shape index (κ2) is 3.28. The third-order valence-corrected chi connectivity index (χ3v) is 3.34. The Morgan fingerprint density at radius 1 is 1.50 bits per heavy atom. The van der Waals surface area contributed by atoms with Crippen molar-refractivity contribution in [2.45, 2.75) is 19.8 Å². The lowest BCUT2D eigenvalue weighted by molar-refractivity contribution is -0.105. The van der Waals surface area contributed by atoms with Crippen LogP contribution in [0.3, 0.4) is 0 Å². The van der Waals surface area contributed by atoms with Crippen LogP contribution in [0.5, 0.6) is 0 Å². The number of aryl methyl sites for hydroxylation is 1. The summed E-state index contributed by atoms with van der Waals surface area (Å²) in [7, 11) is 2.03. The number of allylic oxidation sites excluding steroid dienone is 1. The number of rotatable bonds is 1. The van der Waals surface area contributed by atoms with Gasteiger partial charge in [-0.05, 0) is 25.8 Å². The fourth-order valence-electron chi connectivity index (χ4n) is 1.92. The quantitative estimate of drug-likeness (QED) is 0.652. The maximum atomic E-state index is 10.7. The van der Waals surface area contributed by atoms with Gasteiger partial charge >= 0.3 is 0 Å². The molecule has 3 heteroatoms. The van der Waals surface area contributed by atoms with Gasteiger partial charge in [0, 0.05) is 29.6 Å². The number of fused-ring (bicyclic) bond motifs is 1. The van der Waals surface area contributed by atoms with E-state index in [0.717, 1.165) is 30.3 Å². The van der Waals surface area contributed by atoms with Gasteiger partial charge in [-0.2, -0.15) is 0 Å². The Kier molecular flexibility index (Phi) is 2.23. The molecule has 0 N–H and O–H groups in total. The molecule has 0 saturated carbocycles. The molecule has 0 unspecified atom stereocenters. The highest BCUT2D eigenvalue weighted by molar-refractivity contribution is 6.50. The van der Waals surface area contributed by atoms with Crippen LogP contribution in [0.4, 0.5) is 0 Å². The predicted molar refractivity (Wildman–Crippen MR) is 57.3 cm³/mol. The lowest BCUT2D eigenvalue weighted by Crippen LogP contribution is -2.06. The molecule has 0 spiro atoms. The Bertz CT molecular complexity index is 429. The van der Waals surface area contributed by atoms with Crippen LogP contribution in [0, 0.1) is 6.92 Å². The molecule has 2 nitrogen and oxygen atoms in total. The first kappa shape index (κ1) is 9.53. The number of carbonyl (C=O) groups excluding carboxylic acids is 1. The van der Waals surface area contributed by atoms with E-state index >= 15 is 0 Å². The fourth-order valence-corrected chi connectivity index (χ4v) is 2.22. The van der Waals surface area contributed by atoms with Crippen LogP contribution in [-0.4, -0.2) is 10.9 Å². The molecule has 1 aliphatic carbocycles. The van der Waals surface area contributed by atoms with Gasteiger partial charge in [-0.15, -0.1) is 0 Å². The van der Waals surface area contributed by atoms with E-state index in [0.29, 0.717) is 5.03 Å². The van der Waals surface area contributed by atoms with Crippen molar-refractivity contribution in [2.75, 3.05) is 0 Å². The van der Waals surface area contributed by atoms with Crippen molar-refractivity contribution in [2.24, 2.45) is 7.05 Å². The van der Waals surface area contributed by atoms with Gasteiger partial charge in [-0.3, -0.25) is 4.79 Å². The Hall–Kier alpha value is -1.02. The molecule has 0 bridgehead atoms. The second-order valence-corrected chi connectivity index (χ2v) is 4.04. The summed E-state index contributed by atoms with van der Waals surface area (Å²) in [4.78, 5) is 10.7. The zero-order chi connectivity index (χ0) is 10.3. The van der Waals surface area contributed by atoms with Crippen LogP contribution >= 0.6 is 11.6 Å². The molecule has 1 aromatic rings. The predicted octanol–water partition coefficient (Wildman–Crippen LogP) is 2.43. The lowest BCUT2D eigenvalue weighted by atomic mass is 9.98. The van der Waals surface area contributed by atoms with Crippen LogP contribution in [-0.2, 0) is 18.3 Å². The fraction of sp³-hybridized carbons (Fsp3) is 0.364. The summed E-state index contributed by atoms with van der Waals surface area (Å²) in [6, 6.07) is 2.04. The zero-order valence-electron chi connectivity index (χ0n) is 8.30. The summed E-state index contributed by atoms with van der Waals surface area (Å²) in [5, 5.41) is 0.630. The van der Waals surface area contributed by atoms with E-state index in [2.05, 4.69) is 4.57 Å². The smallest absolute Gasteiger partial charge is 0.147 e. The molecule has 1 heterocycles. The monoisotopic (exact) mass is 209 g/mol. The average Bonchev–Trinajstić information content (AvgIpc) is 2.46. The highest BCUT2D eigenvalue weighted by Crippen LogP contribution is 2.34. The van der Waals surface area contributed by atoms with Crippen LogP contribution in [0.2, 0.25) is 0 Å². The first-order valence-corrected chi connectivity index (χ1v) is 5.02. The minimum absolute atomic E-state index is 0.630. The highest BCUT2D eigenvalue weighted by Gasteiger charge is 2.20. The Balaban J connectivity index is 2.63. The molecule has 14 heavy (non-hydrogen) atoms. The van der Waals surface area contributed by atoms with E-state index in [1.807, 2.05) is 20.0 Å². The van der Waals surface area contributed by atoms with Crippen molar-refractivity contribution < 1.29 is 4.79 Å². The van der Waals surface area contributed by atoms with E-state index in [-0.39, 0.29) is 0 Å². The molecular formula is C11H12ClNO. The second-order valence-electron chi connectivity index (χ2n) is 3.66. The van der Waals surface area contributed by atoms with Gasteiger partial charge in [0.05, 0.1) is 5.03 Å².